The van der Waals surface area contributed by atoms with Crippen LogP contribution in [0, 0.1) is 39.4 Å². The number of carbonyl (C=O) groups excluding carboxylic acids is 2. The third-order valence-electron chi connectivity index (χ3n) is 6.41. The highest BCUT2D eigenvalue weighted by molar-refractivity contribution is 5.78. The molecule has 2 aliphatic rings. The Kier molecular flexibility index (Phi) is 5.99. The fourth-order valence-electron chi connectivity index (χ4n) is 4.62. The summed E-state index contributed by atoms with van der Waals surface area (Å²) in [4.78, 5) is 25.1. The van der Waals surface area contributed by atoms with Gasteiger partial charge < -0.3 is 9.47 Å². The van der Waals surface area contributed by atoms with Crippen molar-refractivity contribution in [3.63, 3.8) is 0 Å². The zero-order chi connectivity index (χ0) is 20.6. The SMILES string of the molecule is CC(C)(C)CC(C)(C(=O)OC1C(CCC#N)CC2CC(=O)OC21)C(C)(C)C. The monoisotopic (exact) mass is 377 g/mol. The summed E-state index contributed by atoms with van der Waals surface area (Å²) >= 11 is 0. The first-order valence-corrected chi connectivity index (χ1v) is 10.1. The smallest absolute Gasteiger partial charge is 0.312 e. The van der Waals surface area contributed by atoms with Crippen LogP contribution < -0.4 is 0 Å². The van der Waals surface area contributed by atoms with Gasteiger partial charge in [-0.15, -0.1) is 0 Å². The van der Waals surface area contributed by atoms with Crippen LogP contribution >= 0.6 is 0 Å². The van der Waals surface area contributed by atoms with Crippen molar-refractivity contribution in [2.75, 3.05) is 0 Å². The molecule has 2 fully saturated rings. The van der Waals surface area contributed by atoms with Gasteiger partial charge in [-0.3, -0.25) is 9.59 Å². The Morgan fingerprint density at radius 2 is 1.85 bits per heavy atom. The topological polar surface area (TPSA) is 76.4 Å². The lowest BCUT2D eigenvalue weighted by molar-refractivity contribution is -0.180. The maximum Gasteiger partial charge on any atom is 0.312 e. The van der Waals surface area contributed by atoms with E-state index in [1.807, 2.05) is 6.92 Å². The van der Waals surface area contributed by atoms with E-state index in [1.165, 1.54) is 0 Å². The Balaban J connectivity index is 2.25. The molecule has 1 aliphatic carbocycles. The van der Waals surface area contributed by atoms with Crippen LogP contribution in [-0.4, -0.2) is 24.1 Å². The van der Waals surface area contributed by atoms with E-state index >= 15 is 0 Å². The van der Waals surface area contributed by atoms with Gasteiger partial charge in [0, 0.05) is 18.3 Å². The van der Waals surface area contributed by atoms with Gasteiger partial charge in [0.15, 0.2) is 0 Å². The molecule has 5 heteroatoms. The van der Waals surface area contributed by atoms with Crippen molar-refractivity contribution in [2.24, 2.45) is 28.1 Å². The Labute approximate surface area is 163 Å². The summed E-state index contributed by atoms with van der Waals surface area (Å²) in [6.45, 7) is 14.6. The molecule has 1 saturated heterocycles. The number of nitriles is 1. The summed E-state index contributed by atoms with van der Waals surface area (Å²) in [5.74, 6) is -0.253. The number of hydrogen-bond acceptors (Lipinski definition) is 5. The molecule has 1 aliphatic heterocycles. The Morgan fingerprint density at radius 3 is 2.37 bits per heavy atom. The summed E-state index contributed by atoms with van der Waals surface area (Å²) in [6.07, 6.45) is 2.16. The van der Waals surface area contributed by atoms with Crippen LogP contribution in [0.3, 0.4) is 0 Å². The van der Waals surface area contributed by atoms with Crippen molar-refractivity contribution in [2.45, 2.75) is 92.8 Å². The number of nitrogens with zero attached hydrogens (tertiary/aromatic N) is 1. The first-order valence-electron chi connectivity index (χ1n) is 10.1. The van der Waals surface area contributed by atoms with Crippen molar-refractivity contribution in [1.29, 1.82) is 5.26 Å². The van der Waals surface area contributed by atoms with E-state index in [9.17, 15) is 9.59 Å². The zero-order valence-electron chi connectivity index (χ0n) is 17.9. The van der Waals surface area contributed by atoms with Gasteiger partial charge in [0.2, 0.25) is 0 Å². The summed E-state index contributed by atoms with van der Waals surface area (Å²) in [5, 5.41) is 8.96. The first kappa shape index (κ1) is 21.7. The van der Waals surface area contributed by atoms with Crippen LogP contribution in [0.15, 0.2) is 0 Å². The zero-order valence-corrected chi connectivity index (χ0v) is 17.9. The lowest BCUT2D eigenvalue weighted by Gasteiger charge is -2.44. The summed E-state index contributed by atoms with van der Waals surface area (Å²) in [5.41, 5.74) is -0.963. The van der Waals surface area contributed by atoms with E-state index in [4.69, 9.17) is 14.7 Å². The quantitative estimate of drug-likeness (QED) is 0.652. The molecule has 2 rings (SSSR count). The van der Waals surface area contributed by atoms with Gasteiger partial charge in [-0.2, -0.15) is 5.26 Å². The molecule has 27 heavy (non-hydrogen) atoms. The van der Waals surface area contributed by atoms with E-state index in [-0.39, 0.29) is 40.7 Å². The molecule has 0 aromatic heterocycles. The number of rotatable bonds is 5. The van der Waals surface area contributed by atoms with E-state index in [2.05, 4.69) is 47.6 Å². The molecule has 0 aromatic carbocycles. The number of esters is 2. The lowest BCUT2D eigenvalue weighted by Crippen LogP contribution is -2.47. The molecule has 0 radical (unpaired) electrons. The highest BCUT2D eigenvalue weighted by atomic mass is 16.6. The molecule has 152 valence electrons. The highest BCUT2D eigenvalue weighted by Gasteiger charge is 2.55. The van der Waals surface area contributed by atoms with E-state index in [1.54, 1.807) is 0 Å². The number of carbonyl (C=O) groups is 2. The summed E-state index contributed by atoms with van der Waals surface area (Å²) in [6, 6.07) is 2.18. The second-order valence-electron chi connectivity index (χ2n) is 10.8. The van der Waals surface area contributed by atoms with Crippen LogP contribution in [-0.2, 0) is 19.1 Å². The third-order valence-corrected chi connectivity index (χ3v) is 6.41. The number of fused-ring (bicyclic) bond motifs is 1. The van der Waals surface area contributed by atoms with E-state index < -0.39 is 11.5 Å². The van der Waals surface area contributed by atoms with Crippen LogP contribution in [0.5, 0.6) is 0 Å². The fourth-order valence-corrected chi connectivity index (χ4v) is 4.62. The largest absolute Gasteiger partial charge is 0.458 e. The molecule has 5 atom stereocenters. The minimum Gasteiger partial charge on any atom is -0.458 e. The van der Waals surface area contributed by atoms with Gasteiger partial charge in [0.25, 0.3) is 0 Å². The Hall–Kier alpha value is -1.57. The molecule has 1 heterocycles. The summed E-state index contributed by atoms with van der Waals surface area (Å²) < 4.78 is 11.6. The van der Waals surface area contributed by atoms with Crippen molar-refractivity contribution < 1.29 is 19.1 Å². The summed E-state index contributed by atoms with van der Waals surface area (Å²) in [7, 11) is 0. The minimum absolute atomic E-state index is 0.0285. The van der Waals surface area contributed by atoms with Crippen molar-refractivity contribution in [3.8, 4) is 6.07 Å². The Morgan fingerprint density at radius 1 is 1.22 bits per heavy atom. The van der Waals surface area contributed by atoms with Crippen LogP contribution in [0.25, 0.3) is 0 Å². The maximum atomic E-state index is 13.4. The fraction of sp³-hybridized carbons (Fsp3) is 0.864. The number of ether oxygens (including phenoxy) is 2. The molecule has 5 unspecified atom stereocenters. The first-order chi connectivity index (χ1) is 12.3. The molecular weight excluding hydrogens is 342 g/mol. The molecule has 5 nitrogen and oxygen atoms in total. The molecule has 0 N–H and O–H groups in total. The van der Waals surface area contributed by atoms with Gasteiger partial charge in [-0.1, -0.05) is 41.5 Å². The van der Waals surface area contributed by atoms with Gasteiger partial charge in [0.1, 0.15) is 12.2 Å². The Bertz CT molecular complexity index is 622. The molecule has 0 aromatic rings. The lowest BCUT2D eigenvalue weighted by atomic mass is 9.61. The standard InChI is InChI=1S/C22H35NO4/c1-20(2,3)13-22(7,21(4,5)6)19(25)27-17-14(9-8-10-23)11-15-12-16(24)26-18(15)17/h14-15,17-18H,8-9,11-13H2,1-7H3. The average molecular weight is 378 g/mol. The van der Waals surface area contributed by atoms with E-state index in [0.717, 1.165) is 6.42 Å². The van der Waals surface area contributed by atoms with Gasteiger partial charge in [-0.25, -0.2) is 0 Å². The predicted molar refractivity (Wildman–Crippen MR) is 102 cm³/mol. The van der Waals surface area contributed by atoms with E-state index in [0.29, 0.717) is 25.7 Å². The minimum atomic E-state index is -0.661. The number of hydrogen-bond donors (Lipinski definition) is 0. The van der Waals surface area contributed by atoms with Crippen LogP contribution in [0.4, 0.5) is 0 Å². The van der Waals surface area contributed by atoms with Crippen molar-refractivity contribution >= 4 is 11.9 Å². The maximum absolute atomic E-state index is 13.4. The van der Waals surface area contributed by atoms with Crippen molar-refractivity contribution in [3.05, 3.63) is 0 Å². The molecule has 0 amide bonds. The molecule has 0 bridgehead atoms. The molecule has 1 saturated carbocycles. The van der Waals surface area contributed by atoms with Gasteiger partial charge in [-0.05, 0) is 37.0 Å². The van der Waals surface area contributed by atoms with Crippen LogP contribution in [0.1, 0.15) is 80.6 Å². The normalized spacial score (nSPS) is 30.2. The molecular formula is C22H35NO4. The van der Waals surface area contributed by atoms with Gasteiger partial charge in [0.05, 0.1) is 17.9 Å². The third kappa shape index (κ3) is 4.65. The predicted octanol–water partition coefficient (Wildman–Crippen LogP) is 4.64. The van der Waals surface area contributed by atoms with Crippen LogP contribution in [0.2, 0.25) is 0 Å². The molecule has 0 spiro atoms. The van der Waals surface area contributed by atoms with Gasteiger partial charge >= 0.3 is 11.9 Å². The highest BCUT2D eigenvalue weighted by Crippen LogP contribution is 2.50. The van der Waals surface area contributed by atoms with Crippen molar-refractivity contribution in [1.82, 2.24) is 0 Å². The average Bonchev–Trinajstić information content (AvgIpc) is 2.99. The second kappa shape index (κ2) is 7.45. The second-order valence-corrected chi connectivity index (χ2v) is 10.8.